The molecular formula is C12H18Cl3NO. The molecule has 0 unspecified atom stereocenters. The molecule has 0 aromatic heterocycles. The Morgan fingerprint density at radius 1 is 1.24 bits per heavy atom. The van der Waals surface area contributed by atoms with Crippen LogP contribution in [0.1, 0.15) is 40.0 Å². The number of amides is 1. The molecule has 1 aliphatic heterocycles. The van der Waals surface area contributed by atoms with E-state index in [1.165, 1.54) is 0 Å². The lowest BCUT2D eigenvalue weighted by Gasteiger charge is -2.39. The van der Waals surface area contributed by atoms with Gasteiger partial charge in [-0.05, 0) is 30.1 Å². The summed E-state index contributed by atoms with van der Waals surface area (Å²) in [5, 5.41) is 0. The first-order valence-electron chi connectivity index (χ1n) is 5.90. The van der Waals surface area contributed by atoms with Crippen LogP contribution in [0.4, 0.5) is 0 Å². The molecule has 1 amide bonds. The summed E-state index contributed by atoms with van der Waals surface area (Å²) in [6, 6.07) is 0.229. The van der Waals surface area contributed by atoms with E-state index < -0.39 is 3.79 Å². The molecule has 0 radical (unpaired) electrons. The molecule has 1 saturated carbocycles. The van der Waals surface area contributed by atoms with Crippen molar-refractivity contribution in [3.8, 4) is 0 Å². The summed E-state index contributed by atoms with van der Waals surface area (Å²) in [5.41, 5.74) is 0.443. The minimum absolute atomic E-state index is 0.179. The van der Waals surface area contributed by atoms with E-state index in [1.54, 1.807) is 4.90 Å². The molecule has 0 N–H and O–H groups in total. The third-order valence-electron chi connectivity index (χ3n) is 3.92. The average molecular weight is 299 g/mol. The monoisotopic (exact) mass is 297 g/mol. The fraction of sp³-hybridized carbons (Fsp3) is 0.917. The zero-order chi connectivity index (χ0) is 13.1. The van der Waals surface area contributed by atoms with Gasteiger partial charge in [-0.15, -0.1) is 0 Å². The number of carbonyl (C=O) groups is 1. The Kier molecular flexibility index (Phi) is 3.17. The van der Waals surface area contributed by atoms with Crippen LogP contribution in [0, 0.1) is 10.8 Å². The maximum Gasteiger partial charge on any atom is 0.274 e. The topological polar surface area (TPSA) is 20.3 Å². The SMILES string of the molecule is CC1(C)C[C@@H]2C[C@@](C)(CN2C(=O)C(Cl)(Cl)Cl)C1. The van der Waals surface area contributed by atoms with Crippen molar-refractivity contribution in [2.24, 2.45) is 10.8 Å². The average Bonchev–Trinajstić information content (AvgIpc) is 2.31. The van der Waals surface area contributed by atoms with E-state index in [4.69, 9.17) is 34.8 Å². The highest BCUT2D eigenvalue weighted by atomic mass is 35.6. The van der Waals surface area contributed by atoms with Crippen LogP contribution in [0.15, 0.2) is 0 Å². The molecule has 98 valence electrons. The van der Waals surface area contributed by atoms with Crippen molar-refractivity contribution in [2.45, 2.75) is 49.9 Å². The normalized spacial score (nSPS) is 36.1. The second kappa shape index (κ2) is 3.91. The third-order valence-corrected chi connectivity index (χ3v) is 4.40. The van der Waals surface area contributed by atoms with Crippen LogP contribution in [0.2, 0.25) is 0 Å². The Morgan fingerprint density at radius 2 is 1.82 bits per heavy atom. The molecule has 2 bridgehead atoms. The lowest BCUT2D eigenvalue weighted by Crippen LogP contribution is -2.43. The quantitative estimate of drug-likeness (QED) is 0.623. The summed E-state index contributed by atoms with van der Waals surface area (Å²) in [4.78, 5) is 13.9. The fourth-order valence-corrected chi connectivity index (χ4v) is 4.19. The van der Waals surface area contributed by atoms with Gasteiger partial charge in [-0.3, -0.25) is 4.79 Å². The Bertz CT molecular complexity index is 350. The van der Waals surface area contributed by atoms with E-state index in [9.17, 15) is 4.79 Å². The van der Waals surface area contributed by atoms with Crippen molar-refractivity contribution in [1.82, 2.24) is 4.90 Å². The Morgan fingerprint density at radius 3 is 2.35 bits per heavy atom. The first-order valence-corrected chi connectivity index (χ1v) is 7.04. The molecule has 1 aliphatic carbocycles. The van der Waals surface area contributed by atoms with Crippen LogP contribution >= 0.6 is 34.8 Å². The van der Waals surface area contributed by atoms with Gasteiger partial charge in [0.05, 0.1) is 0 Å². The third kappa shape index (κ3) is 2.69. The minimum atomic E-state index is -1.82. The number of hydrogen-bond acceptors (Lipinski definition) is 1. The van der Waals surface area contributed by atoms with E-state index in [0.717, 1.165) is 19.3 Å². The number of halogens is 3. The summed E-state index contributed by atoms with van der Waals surface area (Å²) >= 11 is 17.1. The Hall–Kier alpha value is 0.340. The van der Waals surface area contributed by atoms with Crippen LogP contribution in [-0.2, 0) is 4.79 Å². The van der Waals surface area contributed by atoms with Gasteiger partial charge in [0.1, 0.15) is 0 Å². The molecule has 1 saturated heterocycles. The van der Waals surface area contributed by atoms with E-state index >= 15 is 0 Å². The lowest BCUT2D eigenvalue weighted by atomic mass is 9.65. The van der Waals surface area contributed by atoms with Crippen LogP contribution in [-0.4, -0.2) is 27.2 Å². The molecule has 0 spiro atoms. The van der Waals surface area contributed by atoms with Gasteiger partial charge in [-0.25, -0.2) is 0 Å². The van der Waals surface area contributed by atoms with Gasteiger partial charge in [0.15, 0.2) is 0 Å². The van der Waals surface area contributed by atoms with Crippen LogP contribution in [0.25, 0.3) is 0 Å². The number of rotatable bonds is 0. The number of fused-ring (bicyclic) bond motifs is 2. The van der Waals surface area contributed by atoms with Gasteiger partial charge < -0.3 is 4.90 Å². The summed E-state index contributed by atoms with van der Waals surface area (Å²) in [6.07, 6.45) is 3.15. The molecule has 2 fully saturated rings. The highest BCUT2D eigenvalue weighted by molar-refractivity contribution is 6.76. The predicted molar refractivity (Wildman–Crippen MR) is 71.5 cm³/mol. The smallest absolute Gasteiger partial charge is 0.274 e. The maximum absolute atomic E-state index is 12.1. The Labute approximate surface area is 118 Å². The van der Waals surface area contributed by atoms with Gasteiger partial charge in [-0.1, -0.05) is 55.6 Å². The molecule has 0 aromatic carbocycles. The van der Waals surface area contributed by atoms with E-state index in [0.29, 0.717) is 6.54 Å². The van der Waals surface area contributed by atoms with Gasteiger partial charge in [0.2, 0.25) is 0 Å². The van der Waals surface area contributed by atoms with E-state index in [1.807, 2.05) is 0 Å². The first kappa shape index (κ1) is 13.8. The number of nitrogens with zero attached hydrogens (tertiary/aromatic N) is 1. The summed E-state index contributed by atoms with van der Waals surface area (Å²) in [6.45, 7) is 7.45. The van der Waals surface area contributed by atoms with E-state index in [-0.39, 0.29) is 22.8 Å². The van der Waals surface area contributed by atoms with Gasteiger partial charge in [-0.2, -0.15) is 0 Å². The molecule has 17 heavy (non-hydrogen) atoms. The molecular weight excluding hydrogens is 280 g/mol. The van der Waals surface area contributed by atoms with Crippen molar-refractivity contribution in [1.29, 1.82) is 0 Å². The second-order valence-electron chi connectivity index (χ2n) is 6.64. The molecule has 2 rings (SSSR count). The molecule has 0 aromatic rings. The minimum Gasteiger partial charge on any atom is -0.335 e. The number of likely N-dealkylation sites (tertiary alicyclic amines) is 1. The van der Waals surface area contributed by atoms with Gasteiger partial charge in [0.25, 0.3) is 9.70 Å². The number of alkyl halides is 3. The lowest BCUT2D eigenvalue weighted by molar-refractivity contribution is -0.131. The van der Waals surface area contributed by atoms with E-state index in [2.05, 4.69) is 20.8 Å². The van der Waals surface area contributed by atoms with Crippen molar-refractivity contribution in [3.63, 3.8) is 0 Å². The maximum atomic E-state index is 12.1. The van der Waals surface area contributed by atoms with Gasteiger partial charge >= 0.3 is 0 Å². The first-order chi connectivity index (χ1) is 7.53. The zero-order valence-electron chi connectivity index (χ0n) is 10.4. The van der Waals surface area contributed by atoms with Crippen molar-refractivity contribution in [3.05, 3.63) is 0 Å². The second-order valence-corrected chi connectivity index (χ2v) is 8.93. The summed E-state index contributed by atoms with van der Waals surface area (Å²) in [7, 11) is 0. The molecule has 1 heterocycles. The fourth-order valence-electron chi connectivity index (χ4n) is 3.86. The predicted octanol–water partition coefficient (Wildman–Crippen LogP) is 3.78. The molecule has 2 nitrogen and oxygen atoms in total. The number of hydrogen-bond donors (Lipinski definition) is 0. The molecule has 5 heteroatoms. The van der Waals surface area contributed by atoms with Gasteiger partial charge in [0, 0.05) is 12.6 Å². The summed E-state index contributed by atoms with van der Waals surface area (Å²) in [5.74, 6) is -0.367. The van der Waals surface area contributed by atoms with Crippen molar-refractivity contribution < 1.29 is 4.79 Å². The molecule has 2 aliphatic rings. The zero-order valence-corrected chi connectivity index (χ0v) is 12.7. The highest BCUT2D eigenvalue weighted by Gasteiger charge is 2.53. The standard InChI is InChI=1S/C12H18Cl3NO/c1-10(2)4-8-5-11(3,6-10)7-16(8)9(17)12(13,14)15/h8H,4-7H2,1-3H3/t8-,11-/m1/s1. The highest BCUT2D eigenvalue weighted by Crippen LogP contribution is 2.53. The summed E-state index contributed by atoms with van der Waals surface area (Å²) < 4.78 is -1.82. The molecule has 2 atom stereocenters. The van der Waals surface area contributed by atoms with Crippen LogP contribution < -0.4 is 0 Å². The van der Waals surface area contributed by atoms with Crippen LogP contribution in [0.3, 0.4) is 0 Å². The largest absolute Gasteiger partial charge is 0.335 e. The Balaban J connectivity index is 2.22. The van der Waals surface area contributed by atoms with Crippen molar-refractivity contribution in [2.75, 3.05) is 6.54 Å². The van der Waals surface area contributed by atoms with Crippen LogP contribution in [0.5, 0.6) is 0 Å². The number of carbonyl (C=O) groups excluding carboxylic acids is 1. The van der Waals surface area contributed by atoms with Crippen molar-refractivity contribution >= 4 is 40.7 Å².